The summed E-state index contributed by atoms with van der Waals surface area (Å²) in [5, 5.41) is 0. The molecule has 0 heterocycles. The summed E-state index contributed by atoms with van der Waals surface area (Å²) in [7, 11) is 0. The Bertz CT molecular complexity index is 591. The Morgan fingerprint density at radius 1 is 0.909 bits per heavy atom. The van der Waals surface area contributed by atoms with Crippen LogP contribution in [0.15, 0.2) is 65.7 Å². The normalized spacial score (nSPS) is 12.4. The zero-order valence-electron chi connectivity index (χ0n) is 13.0. The third kappa shape index (κ3) is 3.53. The first-order chi connectivity index (χ1) is 10.7. The van der Waals surface area contributed by atoms with Crippen molar-refractivity contribution in [1.29, 1.82) is 0 Å². The Morgan fingerprint density at radius 2 is 1.41 bits per heavy atom. The van der Waals surface area contributed by atoms with E-state index in [0.29, 0.717) is 13.2 Å². The number of para-hydroxylation sites is 1. The summed E-state index contributed by atoms with van der Waals surface area (Å²) in [5.41, 5.74) is 7.88. The molecule has 0 atom stereocenters. The minimum absolute atomic E-state index is 0.286. The standard InChI is InChI=1S/C18H22N2O2/c1-3-21-18(22-4-2,15-11-7-5-8-12-15)17(19)20-16-13-9-6-10-14-16/h5-14H,3-4H2,1-2H3,(H2,19,20). The predicted molar refractivity (Wildman–Crippen MR) is 89.1 cm³/mol. The van der Waals surface area contributed by atoms with Gasteiger partial charge in [0.25, 0.3) is 5.79 Å². The molecule has 0 aliphatic heterocycles. The van der Waals surface area contributed by atoms with E-state index in [1.807, 2.05) is 74.5 Å². The van der Waals surface area contributed by atoms with E-state index in [4.69, 9.17) is 15.2 Å². The number of nitrogens with two attached hydrogens (primary N) is 1. The molecule has 4 heteroatoms. The Kier molecular flexibility index (Phi) is 5.69. The molecule has 0 aliphatic rings. The molecule has 4 nitrogen and oxygen atoms in total. The molecular formula is C18H22N2O2. The molecule has 0 aliphatic carbocycles. The Balaban J connectivity index is 2.49. The minimum Gasteiger partial charge on any atom is -0.382 e. The van der Waals surface area contributed by atoms with Crippen molar-refractivity contribution in [1.82, 2.24) is 0 Å². The number of aliphatic imine (C=N–C) groups is 1. The van der Waals surface area contributed by atoms with E-state index in [1.165, 1.54) is 0 Å². The molecule has 22 heavy (non-hydrogen) atoms. The van der Waals surface area contributed by atoms with Crippen LogP contribution in [0.2, 0.25) is 0 Å². The van der Waals surface area contributed by atoms with Gasteiger partial charge in [0.05, 0.1) is 5.69 Å². The van der Waals surface area contributed by atoms with Gasteiger partial charge in [0, 0.05) is 18.8 Å². The van der Waals surface area contributed by atoms with Gasteiger partial charge in [0.2, 0.25) is 0 Å². The Hall–Kier alpha value is -2.17. The highest BCUT2D eigenvalue weighted by molar-refractivity contribution is 5.91. The summed E-state index contributed by atoms with van der Waals surface area (Å²) in [6, 6.07) is 19.2. The van der Waals surface area contributed by atoms with Crippen molar-refractivity contribution in [2.45, 2.75) is 19.6 Å². The lowest BCUT2D eigenvalue weighted by molar-refractivity contribution is -0.192. The Labute approximate surface area is 131 Å². The zero-order valence-corrected chi connectivity index (χ0v) is 13.0. The van der Waals surface area contributed by atoms with Gasteiger partial charge in [-0.05, 0) is 26.0 Å². The largest absolute Gasteiger partial charge is 0.382 e. The van der Waals surface area contributed by atoms with Gasteiger partial charge in [-0.2, -0.15) is 0 Å². The molecule has 0 unspecified atom stereocenters. The molecular weight excluding hydrogens is 276 g/mol. The molecule has 2 aromatic carbocycles. The van der Waals surface area contributed by atoms with Crippen LogP contribution in [-0.2, 0) is 15.3 Å². The molecule has 0 spiro atoms. The first-order valence-corrected chi connectivity index (χ1v) is 7.46. The fraction of sp³-hybridized carbons (Fsp3) is 0.278. The van der Waals surface area contributed by atoms with E-state index < -0.39 is 5.79 Å². The minimum atomic E-state index is -1.17. The lowest BCUT2D eigenvalue weighted by Crippen LogP contribution is -2.46. The third-order valence-electron chi connectivity index (χ3n) is 3.19. The van der Waals surface area contributed by atoms with E-state index in [1.54, 1.807) is 0 Å². The molecule has 2 N–H and O–H groups in total. The van der Waals surface area contributed by atoms with Crippen molar-refractivity contribution in [3.8, 4) is 0 Å². The van der Waals surface area contributed by atoms with Crippen molar-refractivity contribution in [2.75, 3.05) is 13.2 Å². The number of amidine groups is 1. The molecule has 0 radical (unpaired) electrons. The van der Waals surface area contributed by atoms with E-state index in [9.17, 15) is 0 Å². The van der Waals surface area contributed by atoms with E-state index >= 15 is 0 Å². The van der Waals surface area contributed by atoms with Crippen LogP contribution in [0, 0.1) is 0 Å². The average molecular weight is 298 g/mol. The number of ether oxygens (including phenoxy) is 2. The maximum atomic E-state index is 6.29. The average Bonchev–Trinajstić information content (AvgIpc) is 2.56. The van der Waals surface area contributed by atoms with Crippen molar-refractivity contribution in [2.24, 2.45) is 10.7 Å². The summed E-state index contributed by atoms with van der Waals surface area (Å²) in [6.07, 6.45) is 0. The molecule has 0 saturated carbocycles. The third-order valence-corrected chi connectivity index (χ3v) is 3.19. The second-order valence-corrected chi connectivity index (χ2v) is 4.68. The maximum Gasteiger partial charge on any atom is 0.255 e. The van der Waals surface area contributed by atoms with Crippen molar-refractivity contribution >= 4 is 11.5 Å². The topological polar surface area (TPSA) is 56.8 Å². The van der Waals surface area contributed by atoms with E-state index in [2.05, 4.69) is 4.99 Å². The first-order valence-electron chi connectivity index (χ1n) is 7.46. The number of benzene rings is 2. The van der Waals surface area contributed by atoms with Gasteiger partial charge in [-0.25, -0.2) is 4.99 Å². The van der Waals surface area contributed by atoms with E-state index in [-0.39, 0.29) is 5.84 Å². The molecule has 2 rings (SSSR count). The van der Waals surface area contributed by atoms with Gasteiger partial charge in [-0.15, -0.1) is 0 Å². The lowest BCUT2D eigenvalue weighted by atomic mass is 10.0. The van der Waals surface area contributed by atoms with Crippen LogP contribution in [0.25, 0.3) is 0 Å². The van der Waals surface area contributed by atoms with Crippen LogP contribution in [0.4, 0.5) is 5.69 Å². The van der Waals surface area contributed by atoms with Crippen LogP contribution in [0.5, 0.6) is 0 Å². The van der Waals surface area contributed by atoms with E-state index in [0.717, 1.165) is 11.3 Å². The highest BCUT2D eigenvalue weighted by atomic mass is 16.7. The van der Waals surface area contributed by atoms with Gasteiger partial charge in [-0.3, -0.25) is 0 Å². The monoisotopic (exact) mass is 298 g/mol. The predicted octanol–water partition coefficient (Wildman–Crippen LogP) is 3.60. The van der Waals surface area contributed by atoms with Crippen LogP contribution in [-0.4, -0.2) is 19.0 Å². The van der Waals surface area contributed by atoms with Crippen molar-refractivity contribution in [3.63, 3.8) is 0 Å². The quantitative estimate of drug-likeness (QED) is 0.483. The van der Waals surface area contributed by atoms with Crippen LogP contribution in [0.3, 0.4) is 0 Å². The van der Waals surface area contributed by atoms with Gasteiger partial charge in [0.15, 0.2) is 5.84 Å². The van der Waals surface area contributed by atoms with Crippen LogP contribution >= 0.6 is 0 Å². The summed E-state index contributed by atoms with van der Waals surface area (Å²) in [6.45, 7) is 4.73. The molecule has 0 aromatic heterocycles. The molecule has 0 bridgehead atoms. The molecule has 0 amide bonds. The smallest absolute Gasteiger partial charge is 0.255 e. The summed E-state index contributed by atoms with van der Waals surface area (Å²) in [5.74, 6) is -0.880. The van der Waals surface area contributed by atoms with Crippen molar-refractivity contribution < 1.29 is 9.47 Å². The van der Waals surface area contributed by atoms with Gasteiger partial charge in [-0.1, -0.05) is 48.5 Å². The number of nitrogens with zero attached hydrogens (tertiary/aromatic N) is 1. The number of hydrogen-bond donors (Lipinski definition) is 1. The van der Waals surface area contributed by atoms with Crippen LogP contribution in [0.1, 0.15) is 19.4 Å². The van der Waals surface area contributed by atoms with Gasteiger partial charge in [0.1, 0.15) is 0 Å². The number of rotatable bonds is 7. The first kappa shape index (κ1) is 16.2. The second-order valence-electron chi connectivity index (χ2n) is 4.68. The fourth-order valence-electron chi connectivity index (χ4n) is 2.28. The Morgan fingerprint density at radius 3 is 1.91 bits per heavy atom. The molecule has 2 aromatic rings. The van der Waals surface area contributed by atoms with Gasteiger partial charge < -0.3 is 15.2 Å². The molecule has 116 valence electrons. The highest BCUT2D eigenvalue weighted by Gasteiger charge is 2.38. The fourth-order valence-corrected chi connectivity index (χ4v) is 2.28. The number of hydrogen-bond acceptors (Lipinski definition) is 3. The molecule has 0 fully saturated rings. The highest BCUT2D eigenvalue weighted by Crippen LogP contribution is 2.29. The van der Waals surface area contributed by atoms with Crippen LogP contribution < -0.4 is 5.73 Å². The second kappa shape index (κ2) is 7.73. The summed E-state index contributed by atoms with van der Waals surface area (Å²) in [4.78, 5) is 4.49. The molecule has 0 saturated heterocycles. The zero-order chi connectivity index (χ0) is 15.8. The SMILES string of the molecule is CCOC(OCC)(C(N)=Nc1ccccc1)c1ccccc1. The van der Waals surface area contributed by atoms with Gasteiger partial charge >= 0.3 is 0 Å². The summed E-state index contributed by atoms with van der Waals surface area (Å²) < 4.78 is 11.8. The summed E-state index contributed by atoms with van der Waals surface area (Å²) >= 11 is 0. The maximum absolute atomic E-state index is 6.29. The lowest BCUT2D eigenvalue weighted by Gasteiger charge is -2.32. The van der Waals surface area contributed by atoms with Crippen molar-refractivity contribution in [3.05, 3.63) is 66.2 Å².